The van der Waals surface area contributed by atoms with Gasteiger partial charge in [0.25, 0.3) is 0 Å². The highest BCUT2D eigenvalue weighted by Crippen LogP contribution is 2.29. The lowest BCUT2D eigenvalue weighted by molar-refractivity contribution is -0.137. The molecule has 0 unspecified atom stereocenters. The maximum atomic E-state index is 12.6. The molecule has 0 aliphatic rings. The Morgan fingerprint density at radius 3 is 2.38 bits per heavy atom. The molecule has 0 bridgehead atoms. The second kappa shape index (κ2) is 6.20. The number of hydrogen-bond acceptors (Lipinski definition) is 3. The van der Waals surface area contributed by atoms with Gasteiger partial charge in [-0.15, -0.1) is 0 Å². The van der Waals surface area contributed by atoms with Crippen LogP contribution in [-0.4, -0.2) is 17.2 Å². The average molecular weight is 296 g/mol. The molecule has 0 aliphatic heterocycles. The molecule has 0 spiro atoms. The van der Waals surface area contributed by atoms with Gasteiger partial charge < -0.3 is 14.8 Å². The van der Waals surface area contributed by atoms with E-state index < -0.39 is 18.9 Å². The zero-order chi connectivity index (χ0) is 15.5. The third-order valence-corrected chi connectivity index (χ3v) is 2.82. The molecular weight excluding hydrogens is 284 g/mol. The monoisotopic (exact) mass is 296 g/mol. The summed E-state index contributed by atoms with van der Waals surface area (Å²) in [4.78, 5) is 0. The van der Waals surface area contributed by atoms with Crippen LogP contribution in [0.1, 0.15) is 11.1 Å². The van der Waals surface area contributed by atoms with Crippen LogP contribution >= 0.6 is 0 Å². The summed E-state index contributed by atoms with van der Waals surface area (Å²) in [6.45, 7) is -0.0467. The summed E-state index contributed by atoms with van der Waals surface area (Å²) in [6.07, 6.45) is -4.39. The van der Waals surface area contributed by atoms with Crippen molar-refractivity contribution in [3.8, 4) is 5.75 Å². The van der Waals surface area contributed by atoms with Crippen molar-refractivity contribution in [3.05, 3.63) is 59.7 Å². The molecule has 0 aromatic heterocycles. The Morgan fingerprint density at radius 2 is 1.71 bits per heavy atom. The van der Waals surface area contributed by atoms with Crippen LogP contribution < -0.4 is 10.2 Å². The maximum Gasteiger partial charge on any atom is 0.488 e. The Labute approximate surface area is 119 Å². The summed E-state index contributed by atoms with van der Waals surface area (Å²) in [5, 5.41) is 18.1. The summed E-state index contributed by atoms with van der Waals surface area (Å²) >= 11 is 0. The lowest BCUT2D eigenvalue weighted by atomic mass is 9.80. The van der Waals surface area contributed by atoms with Gasteiger partial charge in [-0.3, -0.25) is 0 Å². The number of benzene rings is 2. The molecule has 2 N–H and O–H groups in total. The predicted octanol–water partition coefficient (Wildman–Crippen LogP) is 1.96. The van der Waals surface area contributed by atoms with Crippen molar-refractivity contribution < 1.29 is 28.0 Å². The molecule has 0 saturated heterocycles. The first-order chi connectivity index (χ1) is 9.86. The number of alkyl halides is 3. The van der Waals surface area contributed by atoms with Crippen LogP contribution in [0.2, 0.25) is 0 Å². The van der Waals surface area contributed by atoms with Crippen molar-refractivity contribution in [2.24, 2.45) is 0 Å². The average Bonchev–Trinajstić information content (AvgIpc) is 2.45. The van der Waals surface area contributed by atoms with E-state index in [-0.39, 0.29) is 12.1 Å². The molecule has 2 aromatic carbocycles. The van der Waals surface area contributed by atoms with Crippen molar-refractivity contribution in [1.29, 1.82) is 0 Å². The summed E-state index contributed by atoms with van der Waals surface area (Å²) < 4.78 is 43.1. The highest BCUT2D eigenvalue weighted by molar-refractivity contribution is 6.58. The molecule has 0 heterocycles. The van der Waals surface area contributed by atoms with Crippen LogP contribution in [-0.2, 0) is 12.8 Å². The van der Waals surface area contributed by atoms with Crippen LogP contribution in [0.4, 0.5) is 13.2 Å². The fourth-order valence-corrected chi connectivity index (χ4v) is 1.77. The highest BCUT2D eigenvalue weighted by atomic mass is 19.4. The number of halogens is 3. The SMILES string of the molecule is OB(O)c1cccc(OCc2cccc(C(F)(F)F)c2)c1. The van der Waals surface area contributed by atoms with Crippen LogP contribution in [0.3, 0.4) is 0 Å². The van der Waals surface area contributed by atoms with E-state index in [2.05, 4.69) is 0 Å². The Bertz CT molecular complexity index is 614. The molecule has 0 amide bonds. The Hall–Kier alpha value is -1.99. The fourth-order valence-electron chi connectivity index (χ4n) is 1.77. The molecule has 0 fully saturated rings. The predicted molar refractivity (Wildman–Crippen MR) is 72.0 cm³/mol. The Morgan fingerprint density at radius 1 is 1.00 bits per heavy atom. The van der Waals surface area contributed by atoms with Gasteiger partial charge in [-0.1, -0.05) is 24.3 Å². The standard InChI is InChI=1S/C14H12BF3O3/c16-14(17,18)11-4-1-3-10(7-11)9-21-13-6-2-5-12(8-13)15(19)20/h1-8,19-20H,9H2. The minimum absolute atomic E-state index is 0.0467. The normalized spacial score (nSPS) is 11.3. The maximum absolute atomic E-state index is 12.6. The summed E-state index contributed by atoms with van der Waals surface area (Å²) in [6, 6.07) is 10.9. The van der Waals surface area contributed by atoms with Gasteiger partial charge in [0.2, 0.25) is 0 Å². The van der Waals surface area contributed by atoms with E-state index in [0.717, 1.165) is 12.1 Å². The van der Waals surface area contributed by atoms with Gasteiger partial charge in [0.1, 0.15) is 12.4 Å². The van der Waals surface area contributed by atoms with Crippen LogP contribution in [0.25, 0.3) is 0 Å². The van der Waals surface area contributed by atoms with E-state index in [1.54, 1.807) is 12.1 Å². The van der Waals surface area contributed by atoms with Gasteiger partial charge >= 0.3 is 13.3 Å². The van der Waals surface area contributed by atoms with Gasteiger partial charge in [-0.05, 0) is 35.3 Å². The number of hydrogen-bond donors (Lipinski definition) is 2. The minimum Gasteiger partial charge on any atom is -0.489 e. The molecule has 0 atom stereocenters. The second-order valence-corrected chi connectivity index (χ2v) is 4.43. The fraction of sp³-hybridized carbons (Fsp3) is 0.143. The molecule has 7 heteroatoms. The molecular formula is C14H12BF3O3. The first kappa shape index (κ1) is 15.4. The van der Waals surface area contributed by atoms with Gasteiger partial charge in [-0.25, -0.2) is 0 Å². The zero-order valence-electron chi connectivity index (χ0n) is 10.8. The van der Waals surface area contributed by atoms with E-state index in [1.165, 1.54) is 24.3 Å². The minimum atomic E-state index is -4.39. The van der Waals surface area contributed by atoms with Crippen LogP contribution in [0.5, 0.6) is 5.75 Å². The van der Waals surface area contributed by atoms with Crippen LogP contribution in [0, 0.1) is 0 Å². The first-order valence-electron chi connectivity index (χ1n) is 6.11. The molecule has 0 saturated carbocycles. The van der Waals surface area contributed by atoms with Gasteiger partial charge in [0.15, 0.2) is 0 Å². The van der Waals surface area contributed by atoms with E-state index in [9.17, 15) is 13.2 Å². The Kier molecular flexibility index (Phi) is 4.54. The molecule has 3 nitrogen and oxygen atoms in total. The number of ether oxygens (including phenoxy) is 1. The van der Waals surface area contributed by atoms with Crippen molar-refractivity contribution in [2.45, 2.75) is 12.8 Å². The van der Waals surface area contributed by atoms with Gasteiger partial charge in [-0.2, -0.15) is 13.2 Å². The molecule has 0 radical (unpaired) electrons. The third kappa shape index (κ3) is 4.24. The first-order valence-corrected chi connectivity index (χ1v) is 6.11. The van der Waals surface area contributed by atoms with E-state index in [0.29, 0.717) is 11.3 Å². The van der Waals surface area contributed by atoms with Crippen molar-refractivity contribution in [1.82, 2.24) is 0 Å². The summed E-state index contributed by atoms with van der Waals surface area (Å²) in [5.74, 6) is 0.345. The topological polar surface area (TPSA) is 49.7 Å². The molecule has 0 aliphatic carbocycles. The lowest BCUT2D eigenvalue weighted by Crippen LogP contribution is -2.29. The molecule has 21 heavy (non-hydrogen) atoms. The summed E-state index contributed by atoms with van der Waals surface area (Å²) in [7, 11) is -1.62. The molecule has 110 valence electrons. The quantitative estimate of drug-likeness (QED) is 0.848. The summed E-state index contributed by atoms with van der Waals surface area (Å²) in [5.41, 5.74) is -0.112. The highest BCUT2D eigenvalue weighted by Gasteiger charge is 2.30. The van der Waals surface area contributed by atoms with Crippen LogP contribution in [0.15, 0.2) is 48.5 Å². The Balaban J connectivity index is 2.08. The second-order valence-electron chi connectivity index (χ2n) is 4.43. The lowest BCUT2D eigenvalue weighted by Gasteiger charge is -2.10. The van der Waals surface area contributed by atoms with Gasteiger partial charge in [0, 0.05) is 0 Å². The van der Waals surface area contributed by atoms with Crippen molar-refractivity contribution in [3.63, 3.8) is 0 Å². The number of rotatable bonds is 4. The van der Waals surface area contributed by atoms with E-state index in [1.807, 2.05) is 0 Å². The zero-order valence-corrected chi connectivity index (χ0v) is 10.8. The molecule has 2 aromatic rings. The van der Waals surface area contributed by atoms with Gasteiger partial charge in [0.05, 0.1) is 5.56 Å². The van der Waals surface area contributed by atoms with Crippen molar-refractivity contribution >= 4 is 12.6 Å². The van der Waals surface area contributed by atoms with Crippen molar-refractivity contribution in [2.75, 3.05) is 0 Å². The largest absolute Gasteiger partial charge is 0.489 e. The van der Waals surface area contributed by atoms with E-state index >= 15 is 0 Å². The smallest absolute Gasteiger partial charge is 0.488 e. The molecule has 2 rings (SSSR count). The van der Waals surface area contributed by atoms with E-state index in [4.69, 9.17) is 14.8 Å². The third-order valence-electron chi connectivity index (χ3n) is 2.82.